The van der Waals surface area contributed by atoms with Crippen LogP contribution in [0.3, 0.4) is 0 Å². The summed E-state index contributed by atoms with van der Waals surface area (Å²) in [5, 5.41) is 1.90. The van der Waals surface area contributed by atoms with Crippen LogP contribution in [0.25, 0.3) is 83.6 Å². The quantitative estimate of drug-likeness (QED) is 0.142. The van der Waals surface area contributed by atoms with E-state index >= 15 is 0 Å². The summed E-state index contributed by atoms with van der Waals surface area (Å²) in [6.07, 6.45) is -0.177. The summed E-state index contributed by atoms with van der Waals surface area (Å²) in [7, 11) is 0. The van der Waals surface area contributed by atoms with E-state index in [1.54, 1.807) is 12.1 Å². The van der Waals surface area contributed by atoms with E-state index in [9.17, 15) is 2.74 Å². The smallest absolute Gasteiger partial charge is 0.121 e. The van der Waals surface area contributed by atoms with E-state index in [1.807, 2.05) is 133 Å². The fourth-order valence-corrected chi connectivity index (χ4v) is 8.26. The Kier molecular flexibility index (Phi) is 10.2. The minimum atomic E-state index is -2.18. The number of fused-ring (bicyclic) bond motifs is 4. The standard InChI is InChI=1S/C48H45N2O.C13H12N.Ir/c1-30(2)40-26-36(33-14-9-8-10-15-33)27-41(31(3)4)45(40)50-43-19-12-11-18-42(43)49-47(50)39-17-13-16-38-37-25-24-35(28-44(37)51-46(38)39)34-22-20-32(21-23-34)29-48(5,6)7;1-10-3-6-12(7-4-10)13-8-5-11(2)9-14-13;/h8-16,18-28,30-31H,29H2,1-7H3;3-6,8-9H,1-2H3;/q2*-1;/i29D2,30D,31D;1D3,2D3;. The molecule has 1 radical (unpaired) electrons. The van der Waals surface area contributed by atoms with Crippen LogP contribution in [-0.4, -0.2) is 14.5 Å². The Balaban J connectivity index is 0.000000307. The summed E-state index contributed by atoms with van der Waals surface area (Å²) in [5.74, 6) is -1.43. The number of para-hydroxylation sites is 2. The number of aromatic nitrogens is 3. The number of imidazole rings is 1. The number of hydrogen-bond acceptors (Lipinski definition) is 3. The second-order valence-electron chi connectivity index (χ2n) is 17.8. The molecule has 7 aromatic carbocycles. The van der Waals surface area contributed by atoms with Crippen molar-refractivity contribution in [1.29, 1.82) is 0 Å². The molecule has 0 aliphatic carbocycles. The van der Waals surface area contributed by atoms with Crippen LogP contribution in [0.15, 0.2) is 162 Å². The Hall–Kier alpha value is -6.39. The molecule has 0 fully saturated rings. The molecular formula is C61H57IrN3O-2. The summed E-state index contributed by atoms with van der Waals surface area (Å²) >= 11 is 0. The molecule has 0 amide bonds. The van der Waals surface area contributed by atoms with Crippen LogP contribution in [0.2, 0.25) is 0 Å². The van der Waals surface area contributed by atoms with Gasteiger partial charge in [-0.1, -0.05) is 157 Å². The summed E-state index contributed by atoms with van der Waals surface area (Å²) in [6.45, 7) is 9.02. The van der Waals surface area contributed by atoms with Gasteiger partial charge < -0.3 is 14.0 Å². The fraction of sp³-hybridized carbons (Fsp3) is 0.213. The van der Waals surface area contributed by atoms with Crippen molar-refractivity contribution in [3.63, 3.8) is 0 Å². The topological polar surface area (TPSA) is 43.9 Å². The van der Waals surface area contributed by atoms with Crippen LogP contribution < -0.4 is 0 Å². The van der Waals surface area contributed by atoms with E-state index in [1.165, 1.54) is 24.4 Å². The zero-order valence-electron chi connectivity index (χ0n) is 48.1. The van der Waals surface area contributed by atoms with Gasteiger partial charge in [-0.05, 0) is 111 Å². The molecule has 10 aromatic rings. The predicted molar refractivity (Wildman–Crippen MR) is 273 cm³/mol. The van der Waals surface area contributed by atoms with Crippen LogP contribution in [0.1, 0.15) is 102 Å². The molecule has 0 aliphatic rings. The molecule has 3 heterocycles. The molecule has 5 heteroatoms. The average Bonchev–Trinajstić information content (AvgIpc) is 3.94. The van der Waals surface area contributed by atoms with Crippen LogP contribution >= 0.6 is 0 Å². The third kappa shape index (κ3) is 9.61. The first-order valence-corrected chi connectivity index (χ1v) is 21.8. The molecule has 0 saturated heterocycles. The van der Waals surface area contributed by atoms with Crippen molar-refractivity contribution in [1.82, 2.24) is 14.5 Å². The SMILES string of the molecule is [2H]C(C)(C)c1cc(-c2ccccc2)cc(C([2H])(C)C)c1-n1c(-c2[c-]ccc3c2oc2cc(-c4ccc(C([2H])([2H])C(C)(C)C)cc4)ccc23)nc2ccccc21.[2H]C([2H])([2H])c1c[c-]c(-c2ccc(C([2H])([2H])[2H])cn2)cc1.[Ir]. The molecule has 0 aliphatic heterocycles. The first-order chi connectivity index (χ1) is 35.1. The number of nitrogens with zero attached hydrogens (tertiary/aromatic N) is 3. The molecule has 10 rings (SSSR count). The number of pyridine rings is 1. The Morgan fingerprint density at radius 3 is 2.03 bits per heavy atom. The minimum absolute atomic E-state index is 0. The third-order valence-electron chi connectivity index (χ3n) is 11.3. The maximum Gasteiger partial charge on any atom is 0.121 e. The molecule has 0 saturated carbocycles. The number of rotatable bonds is 8. The molecular weight excluding hydrogens is 983 g/mol. The van der Waals surface area contributed by atoms with Crippen LogP contribution in [-0.2, 0) is 26.5 Å². The summed E-state index contributed by atoms with van der Waals surface area (Å²) in [4.78, 5) is 9.31. The van der Waals surface area contributed by atoms with Gasteiger partial charge in [-0.25, -0.2) is 0 Å². The van der Waals surface area contributed by atoms with Crippen LogP contribution in [0.4, 0.5) is 0 Å². The van der Waals surface area contributed by atoms with Gasteiger partial charge in [-0.2, -0.15) is 0 Å². The first-order valence-electron chi connectivity index (χ1n) is 26.8. The number of furan rings is 1. The van der Waals surface area contributed by atoms with Gasteiger partial charge in [0.1, 0.15) is 5.58 Å². The monoisotopic (exact) mass is 1050 g/mol. The van der Waals surface area contributed by atoms with Crippen molar-refractivity contribution in [2.24, 2.45) is 5.41 Å². The molecule has 0 unspecified atom stereocenters. The number of benzene rings is 7. The summed E-state index contributed by atoms with van der Waals surface area (Å²) in [5.41, 5.74) is 11.7. The van der Waals surface area contributed by atoms with E-state index < -0.39 is 37.3 Å². The number of aryl methyl sites for hydroxylation is 2. The van der Waals surface area contributed by atoms with Gasteiger partial charge in [0.2, 0.25) is 0 Å². The Labute approximate surface area is 418 Å². The van der Waals surface area contributed by atoms with Gasteiger partial charge in [-0.3, -0.25) is 4.98 Å². The largest absolute Gasteiger partial charge is 0.501 e. The zero-order valence-corrected chi connectivity index (χ0v) is 40.5. The molecule has 0 bridgehead atoms. The maximum absolute atomic E-state index is 9.48. The van der Waals surface area contributed by atoms with E-state index in [0.29, 0.717) is 33.8 Å². The molecule has 0 spiro atoms. The molecule has 66 heavy (non-hydrogen) atoms. The average molecular weight is 1050 g/mol. The van der Waals surface area contributed by atoms with Gasteiger partial charge in [0.15, 0.2) is 0 Å². The Morgan fingerprint density at radius 1 is 0.697 bits per heavy atom. The Morgan fingerprint density at radius 2 is 1.38 bits per heavy atom. The van der Waals surface area contributed by atoms with Gasteiger partial charge in [0, 0.05) is 51.1 Å². The van der Waals surface area contributed by atoms with Gasteiger partial charge in [0.25, 0.3) is 0 Å². The zero-order chi connectivity index (χ0) is 54.0. The molecule has 3 aromatic heterocycles. The second-order valence-corrected chi connectivity index (χ2v) is 17.8. The second kappa shape index (κ2) is 19.2. The van der Waals surface area contributed by atoms with E-state index in [2.05, 4.69) is 58.1 Å². The van der Waals surface area contributed by atoms with Gasteiger partial charge in [0.05, 0.1) is 22.4 Å². The first kappa shape index (κ1) is 34.9. The van der Waals surface area contributed by atoms with Gasteiger partial charge >= 0.3 is 0 Å². The summed E-state index contributed by atoms with van der Waals surface area (Å²) in [6, 6.07) is 54.1. The van der Waals surface area contributed by atoms with Crippen molar-refractivity contribution in [2.45, 2.75) is 80.3 Å². The fourth-order valence-electron chi connectivity index (χ4n) is 8.26. The van der Waals surface area contributed by atoms with Crippen molar-refractivity contribution < 1.29 is 38.2 Å². The molecule has 4 nitrogen and oxygen atoms in total. The predicted octanol–water partition coefficient (Wildman–Crippen LogP) is 16.7. The van der Waals surface area contributed by atoms with E-state index in [4.69, 9.17) is 20.4 Å². The van der Waals surface area contributed by atoms with Crippen molar-refractivity contribution in [3.8, 4) is 50.6 Å². The Bertz CT molecular complexity index is 3600. The minimum Gasteiger partial charge on any atom is -0.501 e. The van der Waals surface area contributed by atoms with E-state index in [-0.39, 0.29) is 31.2 Å². The van der Waals surface area contributed by atoms with Crippen LogP contribution in [0, 0.1) is 31.3 Å². The van der Waals surface area contributed by atoms with E-state index in [0.717, 1.165) is 66.5 Å². The summed E-state index contributed by atoms with van der Waals surface area (Å²) < 4.78 is 88.9. The number of hydrogen-bond donors (Lipinski definition) is 0. The van der Waals surface area contributed by atoms with Crippen molar-refractivity contribution in [2.75, 3.05) is 0 Å². The maximum atomic E-state index is 9.48. The molecule has 0 N–H and O–H groups in total. The third-order valence-corrected chi connectivity index (χ3v) is 11.3. The van der Waals surface area contributed by atoms with Gasteiger partial charge in [-0.15, -0.1) is 53.6 Å². The molecule has 0 atom stereocenters. The van der Waals surface area contributed by atoms with Crippen molar-refractivity contribution in [3.05, 3.63) is 198 Å². The molecule has 333 valence electrons. The van der Waals surface area contributed by atoms with Crippen LogP contribution in [0.5, 0.6) is 0 Å². The normalized spacial score (nSPS) is 14.8. The van der Waals surface area contributed by atoms with Crippen molar-refractivity contribution >= 4 is 33.0 Å².